The molecule has 0 bridgehead atoms. The second-order valence-corrected chi connectivity index (χ2v) is 5.91. The van der Waals surface area contributed by atoms with Gasteiger partial charge in [-0.15, -0.1) is 0 Å². The number of aryl methyl sites for hydroxylation is 2. The average Bonchev–Trinajstić information content (AvgIpc) is 3.02. The molecule has 0 saturated carbocycles. The lowest BCUT2D eigenvalue weighted by Gasteiger charge is -2.30. The zero-order valence-electron chi connectivity index (χ0n) is 12.3. The summed E-state index contributed by atoms with van der Waals surface area (Å²) in [7, 11) is 0. The van der Waals surface area contributed by atoms with Gasteiger partial charge in [-0.3, -0.25) is 10.1 Å². The summed E-state index contributed by atoms with van der Waals surface area (Å²) in [5.74, 6) is 0.186. The topological polar surface area (TPSA) is 41.6 Å². The van der Waals surface area contributed by atoms with Gasteiger partial charge in [0.05, 0.1) is 18.7 Å². The van der Waals surface area contributed by atoms with E-state index in [-0.39, 0.29) is 24.2 Å². The normalized spacial score (nSPS) is 30.2. The first kappa shape index (κ1) is 13.6. The van der Waals surface area contributed by atoms with E-state index < -0.39 is 0 Å². The highest BCUT2D eigenvalue weighted by atomic mass is 16.5. The predicted octanol–water partition coefficient (Wildman–Crippen LogP) is 1.91. The molecule has 3 unspecified atom stereocenters. The Balaban J connectivity index is 1.97. The van der Waals surface area contributed by atoms with Gasteiger partial charge in [0, 0.05) is 6.61 Å². The monoisotopic (exact) mass is 274 g/mol. The summed E-state index contributed by atoms with van der Waals surface area (Å²) in [6.45, 7) is 7.54. The van der Waals surface area contributed by atoms with E-state index in [1.165, 1.54) is 16.7 Å². The molecule has 0 aliphatic carbocycles. The zero-order valence-corrected chi connectivity index (χ0v) is 12.3. The Hall–Kier alpha value is -1.39. The lowest BCUT2D eigenvalue weighted by atomic mass is 10.0. The number of hydrogen-bond acceptors (Lipinski definition) is 3. The number of hydrogen-bond donors (Lipinski definition) is 1. The molecule has 0 aromatic heterocycles. The van der Waals surface area contributed by atoms with Gasteiger partial charge in [0.25, 0.3) is 0 Å². The fraction of sp³-hybridized carbons (Fsp3) is 0.562. The number of benzene rings is 1. The van der Waals surface area contributed by atoms with Gasteiger partial charge in [-0.2, -0.15) is 0 Å². The van der Waals surface area contributed by atoms with Gasteiger partial charge in [0.15, 0.2) is 0 Å². The lowest BCUT2D eigenvalue weighted by molar-refractivity contribution is -0.132. The van der Waals surface area contributed by atoms with Gasteiger partial charge >= 0.3 is 0 Å². The molecule has 108 valence electrons. The maximum Gasteiger partial charge on any atom is 0.241 e. The number of carbonyl (C=O) groups excluding carboxylic acids is 1. The van der Waals surface area contributed by atoms with Crippen LogP contribution in [0.25, 0.3) is 0 Å². The third kappa shape index (κ3) is 2.23. The van der Waals surface area contributed by atoms with Crippen LogP contribution in [0.15, 0.2) is 18.2 Å². The highest BCUT2D eigenvalue weighted by Crippen LogP contribution is 2.32. The molecular weight excluding hydrogens is 252 g/mol. The first-order valence-electron chi connectivity index (χ1n) is 7.31. The third-order valence-electron chi connectivity index (χ3n) is 4.34. The van der Waals surface area contributed by atoms with Gasteiger partial charge in [0.1, 0.15) is 6.17 Å². The van der Waals surface area contributed by atoms with Crippen LogP contribution in [-0.4, -0.2) is 36.1 Å². The Labute approximate surface area is 120 Å². The van der Waals surface area contributed by atoms with Crippen LogP contribution < -0.4 is 5.32 Å². The van der Waals surface area contributed by atoms with Gasteiger partial charge in [-0.05, 0) is 38.3 Å². The van der Waals surface area contributed by atoms with Crippen LogP contribution in [0.2, 0.25) is 0 Å². The van der Waals surface area contributed by atoms with Crippen LogP contribution in [0.1, 0.15) is 36.2 Å². The minimum atomic E-state index is -0.125. The molecule has 1 amide bonds. The van der Waals surface area contributed by atoms with E-state index >= 15 is 0 Å². The fourth-order valence-corrected chi connectivity index (χ4v) is 3.17. The van der Waals surface area contributed by atoms with Crippen molar-refractivity contribution >= 4 is 5.91 Å². The minimum Gasteiger partial charge on any atom is -0.379 e. The van der Waals surface area contributed by atoms with Crippen molar-refractivity contribution in [3.05, 3.63) is 34.9 Å². The largest absolute Gasteiger partial charge is 0.379 e. The maximum atomic E-state index is 12.5. The Morgan fingerprint density at radius 1 is 1.35 bits per heavy atom. The van der Waals surface area contributed by atoms with Crippen molar-refractivity contribution in [2.24, 2.45) is 0 Å². The summed E-state index contributed by atoms with van der Waals surface area (Å²) >= 11 is 0. The number of carbonyl (C=O) groups is 1. The molecule has 2 saturated heterocycles. The molecule has 0 spiro atoms. The SMILES string of the molecule is Cc1ccc(C)c(C2NC(C)C(=O)N2C2CCOC2)c1. The van der Waals surface area contributed by atoms with E-state index in [1.54, 1.807) is 0 Å². The molecule has 1 aromatic carbocycles. The highest BCUT2D eigenvalue weighted by Gasteiger charge is 2.42. The van der Waals surface area contributed by atoms with E-state index in [1.807, 2.05) is 11.8 Å². The average molecular weight is 274 g/mol. The van der Waals surface area contributed by atoms with Crippen molar-refractivity contribution < 1.29 is 9.53 Å². The minimum absolute atomic E-state index is 0.0240. The number of amides is 1. The summed E-state index contributed by atoms with van der Waals surface area (Å²) < 4.78 is 5.47. The van der Waals surface area contributed by atoms with Crippen molar-refractivity contribution in [2.75, 3.05) is 13.2 Å². The van der Waals surface area contributed by atoms with E-state index in [9.17, 15) is 4.79 Å². The Bertz CT molecular complexity index is 523. The van der Waals surface area contributed by atoms with Crippen molar-refractivity contribution in [3.63, 3.8) is 0 Å². The summed E-state index contributed by atoms with van der Waals surface area (Å²) in [4.78, 5) is 14.5. The van der Waals surface area contributed by atoms with Gasteiger partial charge in [0.2, 0.25) is 5.91 Å². The second kappa shape index (κ2) is 5.19. The van der Waals surface area contributed by atoms with Crippen molar-refractivity contribution in [3.8, 4) is 0 Å². The van der Waals surface area contributed by atoms with Crippen LogP contribution in [-0.2, 0) is 9.53 Å². The van der Waals surface area contributed by atoms with E-state index in [2.05, 4.69) is 37.4 Å². The summed E-state index contributed by atoms with van der Waals surface area (Å²) in [5.41, 5.74) is 3.65. The number of rotatable bonds is 2. The molecule has 2 fully saturated rings. The summed E-state index contributed by atoms with van der Waals surface area (Å²) in [6, 6.07) is 6.50. The van der Waals surface area contributed by atoms with Gasteiger partial charge in [-0.1, -0.05) is 23.8 Å². The molecule has 3 atom stereocenters. The standard InChI is InChI=1S/C16H22N2O2/c1-10-4-5-11(2)14(8-10)15-17-12(3)16(19)18(15)13-6-7-20-9-13/h4-5,8,12-13,15,17H,6-7,9H2,1-3H3. The Kier molecular flexibility index (Phi) is 3.52. The highest BCUT2D eigenvalue weighted by molar-refractivity contribution is 5.84. The van der Waals surface area contributed by atoms with Crippen LogP contribution in [0.5, 0.6) is 0 Å². The van der Waals surface area contributed by atoms with Crippen molar-refractivity contribution in [1.82, 2.24) is 10.2 Å². The molecule has 4 nitrogen and oxygen atoms in total. The van der Waals surface area contributed by atoms with Gasteiger partial charge < -0.3 is 9.64 Å². The van der Waals surface area contributed by atoms with E-state index in [0.717, 1.165) is 13.0 Å². The van der Waals surface area contributed by atoms with Crippen LogP contribution >= 0.6 is 0 Å². The fourth-order valence-electron chi connectivity index (χ4n) is 3.17. The van der Waals surface area contributed by atoms with Crippen molar-refractivity contribution in [1.29, 1.82) is 0 Å². The number of nitrogens with one attached hydrogen (secondary N) is 1. The molecule has 1 aromatic rings. The molecule has 3 rings (SSSR count). The summed E-state index contributed by atoms with van der Waals surface area (Å²) in [5, 5.41) is 3.44. The maximum absolute atomic E-state index is 12.5. The molecule has 0 radical (unpaired) electrons. The predicted molar refractivity (Wildman–Crippen MR) is 77.3 cm³/mol. The number of ether oxygens (including phenoxy) is 1. The molecule has 20 heavy (non-hydrogen) atoms. The molecular formula is C16H22N2O2. The number of nitrogens with zero attached hydrogens (tertiary/aromatic N) is 1. The smallest absolute Gasteiger partial charge is 0.241 e. The molecule has 2 aliphatic rings. The van der Waals surface area contributed by atoms with Crippen molar-refractivity contribution in [2.45, 2.75) is 45.4 Å². The van der Waals surface area contributed by atoms with Crippen LogP contribution in [0, 0.1) is 13.8 Å². The molecule has 1 N–H and O–H groups in total. The molecule has 2 heterocycles. The van der Waals surface area contributed by atoms with Crippen LogP contribution in [0.4, 0.5) is 0 Å². The quantitative estimate of drug-likeness (QED) is 0.895. The first-order valence-corrected chi connectivity index (χ1v) is 7.31. The Morgan fingerprint density at radius 3 is 2.85 bits per heavy atom. The second-order valence-electron chi connectivity index (χ2n) is 5.91. The Morgan fingerprint density at radius 2 is 2.15 bits per heavy atom. The van der Waals surface area contributed by atoms with Crippen LogP contribution in [0.3, 0.4) is 0 Å². The lowest BCUT2D eigenvalue weighted by Crippen LogP contribution is -2.40. The summed E-state index contributed by atoms with van der Waals surface area (Å²) in [6.07, 6.45) is 0.908. The first-order chi connectivity index (χ1) is 9.58. The van der Waals surface area contributed by atoms with Gasteiger partial charge in [-0.25, -0.2) is 0 Å². The third-order valence-corrected chi connectivity index (χ3v) is 4.34. The zero-order chi connectivity index (χ0) is 14.3. The van der Waals surface area contributed by atoms with E-state index in [4.69, 9.17) is 4.74 Å². The molecule has 4 heteroatoms. The molecule has 2 aliphatic heterocycles. The van der Waals surface area contributed by atoms with E-state index in [0.29, 0.717) is 6.61 Å².